The highest BCUT2D eigenvalue weighted by molar-refractivity contribution is 5.64. The minimum atomic E-state index is -0.322. The fourth-order valence-electron chi connectivity index (χ4n) is 7.47. The summed E-state index contributed by atoms with van der Waals surface area (Å²) < 4.78 is 3.02. The molecule has 0 radical (unpaired) electrons. The molecule has 4 aliphatic rings. The van der Waals surface area contributed by atoms with Crippen LogP contribution in [-0.2, 0) is 23.9 Å². The van der Waals surface area contributed by atoms with Gasteiger partial charge < -0.3 is 20.4 Å². The highest BCUT2D eigenvalue weighted by atomic mass is 16.3. The van der Waals surface area contributed by atoms with Crippen molar-refractivity contribution in [2.24, 2.45) is 0 Å². The summed E-state index contributed by atoms with van der Waals surface area (Å²) in [5.74, 6) is 0.457. The van der Waals surface area contributed by atoms with Crippen LogP contribution in [0.1, 0.15) is 73.6 Å². The largest absolute Gasteiger partial charge is 0.494 e. The quantitative estimate of drug-likeness (QED) is 0.420. The van der Waals surface area contributed by atoms with Crippen LogP contribution < -0.4 is 0 Å². The lowest BCUT2D eigenvalue weighted by molar-refractivity contribution is 0.320. The summed E-state index contributed by atoms with van der Waals surface area (Å²) in [7, 11) is 0. The summed E-state index contributed by atoms with van der Waals surface area (Å²) in [5.41, 5.74) is 4.62. The first-order valence-electron chi connectivity index (χ1n) is 12.1. The van der Waals surface area contributed by atoms with E-state index in [0.717, 1.165) is 59.1 Å². The molecule has 0 saturated heterocycles. The summed E-state index contributed by atoms with van der Waals surface area (Å²) in [6.45, 7) is 12.6. The van der Waals surface area contributed by atoms with Crippen molar-refractivity contribution >= 4 is 0 Å². The molecule has 0 amide bonds. The Balaban J connectivity index is 1.34. The van der Waals surface area contributed by atoms with Crippen LogP contribution in [0.25, 0.3) is 0 Å². The average Bonchev–Trinajstić information content (AvgIpc) is 3.55. The first kappa shape index (κ1) is 21.3. The molecule has 0 aromatic carbocycles. The van der Waals surface area contributed by atoms with E-state index in [4.69, 9.17) is 0 Å². The SMILES string of the molecule is C=C(C)CC12C=CC(C1)c1c2c(O)n(CCn2c(O)c3c(c2O)C2(CC(=C)C)C=CC3C2)c1O. The molecule has 6 heteroatoms. The Bertz CT molecular complexity index is 1240. The minimum Gasteiger partial charge on any atom is -0.494 e. The van der Waals surface area contributed by atoms with E-state index in [9.17, 15) is 20.4 Å². The summed E-state index contributed by atoms with van der Waals surface area (Å²) in [4.78, 5) is 0. The molecule has 6 nitrogen and oxygen atoms in total. The van der Waals surface area contributed by atoms with E-state index < -0.39 is 0 Å². The van der Waals surface area contributed by atoms with E-state index in [1.165, 1.54) is 9.13 Å². The fraction of sp³-hybridized carbons (Fsp3) is 0.429. The van der Waals surface area contributed by atoms with E-state index in [-0.39, 0.29) is 59.3 Å². The lowest BCUT2D eigenvalue weighted by atomic mass is 9.78. The Kier molecular flexibility index (Phi) is 4.16. The van der Waals surface area contributed by atoms with Crippen LogP contribution in [0.3, 0.4) is 0 Å². The molecule has 34 heavy (non-hydrogen) atoms. The van der Waals surface area contributed by atoms with Gasteiger partial charge in [0.05, 0.1) is 0 Å². The smallest absolute Gasteiger partial charge is 0.198 e. The predicted molar refractivity (Wildman–Crippen MR) is 131 cm³/mol. The Hall–Kier alpha value is -3.28. The maximum absolute atomic E-state index is 11.2. The van der Waals surface area contributed by atoms with Gasteiger partial charge in [0.1, 0.15) is 0 Å². The summed E-state index contributed by atoms with van der Waals surface area (Å²) in [6.07, 6.45) is 11.7. The van der Waals surface area contributed by atoms with Crippen LogP contribution in [0.4, 0.5) is 0 Å². The number of fused-ring (bicyclic) bond motifs is 10. The average molecular weight is 461 g/mol. The lowest BCUT2D eigenvalue weighted by Gasteiger charge is -2.25. The van der Waals surface area contributed by atoms with Crippen LogP contribution in [0, 0.1) is 0 Å². The lowest BCUT2D eigenvalue weighted by Crippen LogP contribution is -2.19. The van der Waals surface area contributed by atoms with Crippen LogP contribution in [-0.4, -0.2) is 29.6 Å². The number of allylic oxidation sites excluding steroid dienone is 6. The van der Waals surface area contributed by atoms with Crippen LogP contribution >= 0.6 is 0 Å². The third-order valence-corrected chi connectivity index (χ3v) is 8.47. The summed E-state index contributed by atoms with van der Waals surface area (Å²) in [6, 6.07) is 0. The van der Waals surface area contributed by atoms with Gasteiger partial charge in [-0.3, -0.25) is 9.13 Å². The Morgan fingerprint density at radius 3 is 1.50 bits per heavy atom. The van der Waals surface area contributed by atoms with Gasteiger partial charge in [-0.1, -0.05) is 35.5 Å². The molecule has 4 N–H and O–H groups in total. The standard InChI is InChI=1S/C28H32N2O4/c1-15(2)11-27-7-5-17(13-27)19-21(27)25(33)29(23(19)31)9-10-30-24(32)20-18-6-8-28(14-18,12-16(3)4)22(20)26(30)34/h5-8,17-18,31-34H,1,3,9-14H2,2,4H3. The van der Waals surface area contributed by atoms with Crippen LogP contribution in [0.15, 0.2) is 48.6 Å². The predicted octanol–water partition coefficient (Wildman–Crippen LogP) is 5.33. The zero-order valence-corrected chi connectivity index (χ0v) is 19.8. The molecular formula is C28H32N2O4. The van der Waals surface area contributed by atoms with Crippen LogP contribution in [0.2, 0.25) is 0 Å². The highest BCUT2D eigenvalue weighted by Crippen LogP contribution is 2.63. The van der Waals surface area contributed by atoms with Gasteiger partial charge in [-0.05, 0) is 39.5 Å². The van der Waals surface area contributed by atoms with Gasteiger partial charge in [0.15, 0.2) is 23.5 Å². The molecular weight excluding hydrogens is 428 g/mol. The third kappa shape index (κ3) is 2.51. The van der Waals surface area contributed by atoms with E-state index in [1.807, 2.05) is 13.8 Å². The second kappa shape index (κ2) is 6.65. The zero-order valence-electron chi connectivity index (χ0n) is 19.8. The first-order valence-corrected chi connectivity index (χ1v) is 12.1. The van der Waals surface area contributed by atoms with Crippen molar-refractivity contribution in [1.29, 1.82) is 0 Å². The molecule has 0 spiro atoms. The molecule has 0 saturated carbocycles. The molecule has 2 heterocycles. The van der Waals surface area contributed by atoms with E-state index in [0.29, 0.717) is 0 Å². The molecule has 0 fully saturated rings. The van der Waals surface area contributed by atoms with Gasteiger partial charge in [0, 0.05) is 58.0 Å². The minimum absolute atomic E-state index is 0.0692. The molecule has 4 bridgehead atoms. The highest BCUT2D eigenvalue weighted by Gasteiger charge is 2.52. The number of aromatic hydroxyl groups is 4. The first-order chi connectivity index (χ1) is 16.1. The van der Waals surface area contributed by atoms with Crippen molar-refractivity contribution in [3.8, 4) is 23.5 Å². The fourth-order valence-corrected chi connectivity index (χ4v) is 7.47. The number of nitrogens with zero attached hydrogens (tertiary/aromatic N) is 2. The van der Waals surface area contributed by atoms with E-state index >= 15 is 0 Å². The molecule has 2 aromatic heterocycles. The number of hydrogen-bond donors (Lipinski definition) is 4. The molecule has 2 aromatic rings. The maximum Gasteiger partial charge on any atom is 0.198 e. The van der Waals surface area contributed by atoms with Crippen molar-refractivity contribution in [2.75, 3.05) is 0 Å². The van der Waals surface area contributed by atoms with Crippen molar-refractivity contribution < 1.29 is 20.4 Å². The van der Waals surface area contributed by atoms with E-state index in [1.54, 1.807) is 0 Å². The third-order valence-electron chi connectivity index (χ3n) is 8.47. The number of rotatable bonds is 7. The number of hydrogen-bond acceptors (Lipinski definition) is 4. The Morgan fingerprint density at radius 1 is 0.765 bits per heavy atom. The zero-order chi connectivity index (χ0) is 24.2. The maximum atomic E-state index is 11.2. The van der Waals surface area contributed by atoms with Gasteiger partial charge in [0.25, 0.3) is 0 Å². The van der Waals surface area contributed by atoms with Crippen LogP contribution in [0.5, 0.6) is 23.5 Å². The molecule has 4 atom stereocenters. The van der Waals surface area contributed by atoms with Crippen molar-refractivity contribution in [2.45, 2.75) is 75.3 Å². The van der Waals surface area contributed by atoms with Gasteiger partial charge in [-0.2, -0.15) is 0 Å². The van der Waals surface area contributed by atoms with Gasteiger partial charge in [-0.25, -0.2) is 0 Å². The molecule has 4 aliphatic carbocycles. The number of aromatic nitrogens is 2. The van der Waals surface area contributed by atoms with Crippen molar-refractivity contribution in [3.63, 3.8) is 0 Å². The summed E-state index contributed by atoms with van der Waals surface area (Å²) in [5, 5.41) is 44.5. The van der Waals surface area contributed by atoms with Gasteiger partial charge in [0.2, 0.25) is 0 Å². The monoisotopic (exact) mass is 460 g/mol. The molecule has 0 aliphatic heterocycles. The molecule has 178 valence electrons. The van der Waals surface area contributed by atoms with E-state index in [2.05, 4.69) is 37.5 Å². The summed E-state index contributed by atoms with van der Waals surface area (Å²) >= 11 is 0. The van der Waals surface area contributed by atoms with Gasteiger partial charge in [-0.15, -0.1) is 13.2 Å². The second-order valence-corrected chi connectivity index (χ2v) is 11.1. The van der Waals surface area contributed by atoms with Crippen molar-refractivity contribution in [1.82, 2.24) is 9.13 Å². The Morgan fingerprint density at radius 2 is 1.15 bits per heavy atom. The van der Waals surface area contributed by atoms with Gasteiger partial charge >= 0.3 is 0 Å². The van der Waals surface area contributed by atoms with Crippen molar-refractivity contribution in [3.05, 3.63) is 70.9 Å². The second-order valence-electron chi connectivity index (χ2n) is 11.1. The molecule has 6 rings (SSSR count). The molecule has 4 unspecified atom stereocenters. The Labute approximate surface area is 199 Å². The normalized spacial score (nSPS) is 29.2. The topological polar surface area (TPSA) is 90.8 Å².